The van der Waals surface area contributed by atoms with Crippen LogP contribution in [0.3, 0.4) is 0 Å². The number of piperidine rings is 1. The van der Waals surface area contributed by atoms with Crippen LogP contribution in [-0.4, -0.2) is 72.4 Å². The second-order valence-corrected chi connectivity index (χ2v) is 8.30. The number of fused-ring (bicyclic) bond motifs is 1. The van der Waals surface area contributed by atoms with Crippen molar-refractivity contribution in [3.63, 3.8) is 0 Å². The molecule has 2 aromatic rings. The molecule has 4 rings (SSSR count). The van der Waals surface area contributed by atoms with Gasteiger partial charge in [-0.1, -0.05) is 18.2 Å². The van der Waals surface area contributed by atoms with Crippen LogP contribution in [0.1, 0.15) is 18.4 Å². The molecule has 2 aliphatic heterocycles. The number of para-hydroxylation sites is 1. The molecular formula is C22H30N6O3. The van der Waals surface area contributed by atoms with Crippen molar-refractivity contribution >= 4 is 28.6 Å². The summed E-state index contributed by atoms with van der Waals surface area (Å²) in [5.74, 6) is -0.986. The van der Waals surface area contributed by atoms with Crippen LogP contribution >= 0.6 is 0 Å². The summed E-state index contributed by atoms with van der Waals surface area (Å²) in [5.41, 5.74) is 7.49. The maximum Gasteiger partial charge on any atom is 0.244 e. The van der Waals surface area contributed by atoms with E-state index in [2.05, 4.69) is 20.9 Å². The Hall–Kier alpha value is -2.91. The number of amides is 3. The third-order valence-electron chi connectivity index (χ3n) is 6.28. The van der Waals surface area contributed by atoms with Gasteiger partial charge in [0.15, 0.2) is 0 Å². The highest BCUT2D eigenvalue weighted by atomic mass is 16.2. The number of H-pyrrole nitrogens is 1. The van der Waals surface area contributed by atoms with Crippen molar-refractivity contribution in [2.24, 2.45) is 11.7 Å². The summed E-state index contributed by atoms with van der Waals surface area (Å²) in [5, 5.41) is 10.2. The van der Waals surface area contributed by atoms with Gasteiger partial charge in [-0.2, -0.15) is 0 Å². The number of hydrogen-bond donors (Lipinski definition) is 5. The zero-order chi connectivity index (χ0) is 21.8. The van der Waals surface area contributed by atoms with E-state index in [1.165, 1.54) is 0 Å². The number of nitrogens with zero attached hydrogens (tertiary/aromatic N) is 1. The largest absolute Gasteiger partial charge is 0.368 e. The first-order valence-electron chi connectivity index (χ1n) is 10.9. The van der Waals surface area contributed by atoms with Crippen molar-refractivity contribution in [3.8, 4) is 0 Å². The summed E-state index contributed by atoms with van der Waals surface area (Å²) in [6, 6.07) is 6.26. The fraction of sp³-hybridized carbons (Fsp3) is 0.500. The summed E-state index contributed by atoms with van der Waals surface area (Å²) >= 11 is 0. The maximum atomic E-state index is 13.1. The molecule has 0 bridgehead atoms. The fourth-order valence-corrected chi connectivity index (χ4v) is 4.52. The first-order chi connectivity index (χ1) is 15.0. The minimum atomic E-state index is -0.857. The Morgan fingerprint density at radius 2 is 1.90 bits per heavy atom. The molecule has 3 heterocycles. The van der Waals surface area contributed by atoms with Crippen molar-refractivity contribution < 1.29 is 14.4 Å². The molecule has 0 saturated carbocycles. The summed E-state index contributed by atoms with van der Waals surface area (Å²) in [6.45, 7) is 3.11. The molecule has 9 nitrogen and oxygen atoms in total. The number of benzene rings is 1. The van der Waals surface area contributed by atoms with Gasteiger partial charge in [0, 0.05) is 49.1 Å². The van der Waals surface area contributed by atoms with Gasteiger partial charge in [-0.05, 0) is 37.6 Å². The van der Waals surface area contributed by atoms with Gasteiger partial charge in [-0.25, -0.2) is 0 Å². The Balaban J connectivity index is 1.46. The Morgan fingerprint density at radius 3 is 2.68 bits per heavy atom. The third kappa shape index (κ3) is 4.72. The van der Waals surface area contributed by atoms with Crippen LogP contribution in [0.2, 0.25) is 0 Å². The molecule has 0 unspecified atom stereocenters. The predicted molar refractivity (Wildman–Crippen MR) is 117 cm³/mol. The summed E-state index contributed by atoms with van der Waals surface area (Å²) in [4.78, 5) is 43.2. The normalized spacial score (nSPS) is 21.0. The number of piperazine rings is 1. The number of nitrogens with one attached hydrogen (secondary N) is 4. The van der Waals surface area contributed by atoms with Crippen LogP contribution < -0.4 is 21.7 Å². The zero-order valence-electron chi connectivity index (χ0n) is 17.5. The van der Waals surface area contributed by atoms with E-state index in [1.54, 1.807) is 4.90 Å². The lowest BCUT2D eigenvalue weighted by molar-refractivity contribution is -0.145. The molecular weight excluding hydrogens is 396 g/mol. The van der Waals surface area contributed by atoms with E-state index in [0.29, 0.717) is 19.6 Å². The molecule has 2 saturated heterocycles. The number of aromatic nitrogens is 1. The van der Waals surface area contributed by atoms with Gasteiger partial charge in [0.05, 0.1) is 0 Å². The summed E-state index contributed by atoms with van der Waals surface area (Å²) < 4.78 is 0. The zero-order valence-corrected chi connectivity index (χ0v) is 17.5. The molecule has 166 valence electrons. The first-order valence-corrected chi connectivity index (χ1v) is 10.9. The molecule has 0 spiro atoms. The second kappa shape index (κ2) is 9.49. The molecule has 0 radical (unpaired) electrons. The topological polar surface area (TPSA) is 132 Å². The van der Waals surface area contributed by atoms with E-state index in [1.807, 2.05) is 30.5 Å². The average molecular weight is 427 g/mol. The highest BCUT2D eigenvalue weighted by Crippen LogP contribution is 2.20. The quantitative estimate of drug-likeness (QED) is 0.424. The number of primary amides is 1. The van der Waals surface area contributed by atoms with E-state index < -0.39 is 18.0 Å². The Morgan fingerprint density at radius 1 is 1.13 bits per heavy atom. The van der Waals surface area contributed by atoms with E-state index in [-0.39, 0.29) is 24.2 Å². The lowest BCUT2D eigenvalue weighted by atomic mass is 9.95. The molecule has 0 aliphatic carbocycles. The third-order valence-corrected chi connectivity index (χ3v) is 6.28. The van der Waals surface area contributed by atoms with Gasteiger partial charge in [0.1, 0.15) is 12.1 Å². The number of carbonyl (C=O) groups is 3. The standard InChI is InChI=1S/C22H30N6O3/c23-20(29)18(11-15-12-26-17-4-2-1-3-16(15)17)27-21(30)19-13-25-9-10-28(19)22(31)14-5-7-24-8-6-14/h1-4,12,14,18-19,24-26H,5-11,13H2,(H2,23,29)(H,27,30)/t18-,19-/m1/s1. The smallest absolute Gasteiger partial charge is 0.244 e. The minimum absolute atomic E-state index is 0.0235. The highest BCUT2D eigenvalue weighted by Gasteiger charge is 2.37. The lowest BCUT2D eigenvalue weighted by Crippen LogP contribution is -2.62. The van der Waals surface area contributed by atoms with Gasteiger partial charge >= 0.3 is 0 Å². The molecule has 2 fully saturated rings. The summed E-state index contributed by atoms with van der Waals surface area (Å²) in [6.07, 6.45) is 3.68. The monoisotopic (exact) mass is 426 g/mol. The molecule has 6 N–H and O–H groups in total. The Bertz CT molecular complexity index is 952. The number of rotatable bonds is 6. The Labute approximate surface area is 181 Å². The van der Waals surface area contributed by atoms with Crippen LogP contribution in [0.4, 0.5) is 0 Å². The van der Waals surface area contributed by atoms with E-state index in [9.17, 15) is 14.4 Å². The van der Waals surface area contributed by atoms with Crippen molar-refractivity contribution in [3.05, 3.63) is 36.0 Å². The molecule has 2 aliphatic rings. The molecule has 2 atom stereocenters. The van der Waals surface area contributed by atoms with Crippen LogP contribution in [0.25, 0.3) is 10.9 Å². The SMILES string of the molecule is NC(=O)[C@@H](Cc1c[nH]c2ccccc12)NC(=O)[C@H]1CNCCN1C(=O)C1CCNCC1. The molecule has 9 heteroatoms. The lowest BCUT2D eigenvalue weighted by Gasteiger charge is -2.38. The van der Waals surface area contributed by atoms with E-state index in [4.69, 9.17) is 5.73 Å². The molecule has 1 aromatic carbocycles. The van der Waals surface area contributed by atoms with E-state index >= 15 is 0 Å². The number of nitrogens with two attached hydrogens (primary N) is 1. The highest BCUT2D eigenvalue weighted by molar-refractivity contribution is 5.93. The van der Waals surface area contributed by atoms with E-state index in [0.717, 1.165) is 42.4 Å². The molecule has 3 amide bonds. The summed E-state index contributed by atoms with van der Waals surface area (Å²) in [7, 11) is 0. The van der Waals surface area contributed by atoms with Crippen LogP contribution in [-0.2, 0) is 20.8 Å². The fourth-order valence-electron chi connectivity index (χ4n) is 4.52. The minimum Gasteiger partial charge on any atom is -0.368 e. The van der Waals surface area contributed by atoms with Crippen LogP contribution in [0, 0.1) is 5.92 Å². The second-order valence-electron chi connectivity index (χ2n) is 8.30. The van der Waals surface area contributed by atoms with Crippen molar-refractivity contribution in [2.45, 2.75) is 31.3 Å². The number of hydrogen-bond acceptors (Lipinski definition) is 5. The van der Waals surface area contributed by atoms with Gasteiger partial charge in [0.25, 0.3) is 0 Å². The number of carbonyl (C=O) groups excluding carboxylic acids is 3. The van der Waals surface area contributed by atoms with Crippen molar-refractivity contribution in [1.82, 2.24) is 25.8 Å². The predicted octanol–water partition coefficient (Wildman–Crippen LogP) is -0.519. The number of aromatic amines is 1. The van der Waals surface area contributed by atoms with Gasteiger partial charge in [0.2, 0.25) is 17.7 Å². The molecule has 31 heavy (non-hydrogen) atoms. The first kappa shape index (κ1) is 21.3. The van der Waals surface area contributed by atoms with Crippen molar-refractivity contribution in [1.29, 1.82) is 0 Å². The average Bonchev–Trinajstić information content (AvgIpc) is 3.21. The van der Waals surface area contributed by atoms with Crippen molar-refractivity contribution in [2.75, 3.05) is 32.7 Å². The van der Waals surface area contributed by atoms with Gasteiger partial charge < -0.3 is 31.6 Å². The Kier molecular flexibility index (Phi) is 6.53. The van der Waals surface area contributed by atoms with Crippen LogP contribution in [0.5, 0.6) is 0 Å². The van der Waals surface area contributed by atoms with Gasteiger partial charge in [-0.15, -0.1) is 0 Å². The maximum absolute atomic E-state index is 13.1. The van der Waals surface area contributed by atoms with Gasteiger partial charge in [-0.3, -0.25) is 14.4 Å². The van der Waals surface area contributed by atoms with Crippen LogP contribution in [0.15, 0.2) is 30.5 Å². The molecule has 1 aromatic heterocycles.